The summed E-state index contributed by atoms with van der Waals surface area (Å²) in [5.74, 6) is -2.32. The molecule has 11 heteroatoms. The molecule has 0 saturated carbocycles. The summed E-state index contributed by atoms with van der Waals surface area (Å²) in [5, 5.41) is -2.03. The van der Waals surface area contributed by atoms with Gasteiger partial charge in [-0.1, -0.05) is 37.4 Å². The zero-order chi connectivity index (χ0) is 20.4. The first-order valence-electron chi connectivity index (χ1n) is 7.36. The fourth-order valence-electron chi connectivity index (χ4n) is 2.65. The van der Waals surface area contributed by atoms with E-state index in [0.29, 0.717) is 23.5 Å². The van der Waals surface area contributed by atoms with Gasteiger partial charge in [-0.15, -0.1) is 0 Å². The molecule has 1 rings (SSSR count). The van der Waals surface area contributed by atoms with Crippen molar-refractivity contribution in [2.24, 2.45) is 16.8 Å². The molecular formula is C15H17F6NO2S2. The van der Waals surface area contributed by atoms with Crippen LogP contribution in [-0.4, -0.2) is 46.8 Å². The number of hydrogen-bond donors (Lipinski definition) is 0. The summed E-state index contributed by atoms with van der Waals surface area (Å²) < 4.78 is 80.4. The van der Waals surface area contributed by atoms with E-state index in [1.54, 1.807) is 13.8 Å². The first-order chi connectivity index (χ1) is 11.8. The van der Waals surface area contributed by atoms with Gasteiger partial charge in [0, 0.05) is 0 Å². The van der Waals surface area contributed by atoms with Gasteiger partial charge in [0.05, 0.1) is 11.5 Å². The van der Waals surface area contributed by atoms with Crippen LogP contribution in [0.5, 0.6) is 0 Å². The normalized spacial score (nSPS) is 21.9. The van der Waals surface area contributed by atoms with Crippen molar-refractivity contribution in [2.45, 2.75) is 38.7 Å². The van der Waals surface area contributed by atoms with Crippen molar-refractivity contribution in [3.05, 3.63) is 11.1 Å². The number of carbonyl (C=O) groups is 2. The van der Waals surface area contributed by atoms with Gasteiger partial charge in [-0.25, -0.2) is 0 Å². The van der Waals surface area contributed by atoms with Crippen molar-refractivity contribution < 1.29 is 35.9 Å². The van der Waals surface area contributed by atoms with Gasteiger partial charge in [-0.2, -0.15) is 26.3 Å². The van der Waals surface area contributed by atoms with Gasteiger partial charge in [0.15, 0.2) is 16.9 Å². The van der Waals surface area contributed by atoms with E-state index in [-0.39, 0.29) is 12.3 Å². The topological polar surface area (TPSA) is 46.5 Å². The molecule has 0 N–H and O–H groups in total. The Morgan fingerprint density at radius 1 is 1.08 bits per heavy atom. The monoisotopic (exact) mass is 421 g/mol. The van der Waals surface area contributed by atoms with Crippen LogP contribution >= 0.6 is 23.5 Å². The Morgan fingerprint density at radius 3 is 1.96 bits per heavy atom. The lowest BCUT2D eigenvalue weighted by Crippen LogP contribution is -2.46. The maximum Gasteiger partial charge on any atom is 0.433 e. The van der Waals surface area contributed by atoms with Gasteiger partial charge in [0.25, 0.3) is 0 Å². The minimum Gasteiger partial charge on any atom is -0.286 e. The first-order valence-corrected chi connectivity index (χ1v) is 9.81. The molecule has 0 amide bonds. The van der Waals surface area contributed by atoms with Gasteiger partial charge in [0.1, 0.15) is 0 Å². The molecule has 0 aromatic carbocycles. The highest BCUT2D eigenvalue weighted by molar-refractivity contribution is 8.13. The summed E-state index contributed by atoms with van der Waals surface area (Å²) in [6.07, 6.45) is -8.21. The average Bonchev–Trinajstić information content (AvgIpc) is 2.49. The number of aliphatic imine (C=N–C) groups is 1. The largest absolute Gasteiger partial charge is 0.433 e. The van der Waals surface area contributed by atoms with Crippen LogP contribution in [0.15, 0.2) is 16.1 Å². The Hall–Kier alpha value is -0.970. The third-order valence-electron chi connectivity index (χ3n) is 3.59. The predicted octanol–water partition coefficient (Wildman–Crippen LogP) is 4.67. The standard InChI is InChI=1S/C15H17F6NO2S2/c1-6(2)5-7-8(12(23)25-3)10(14(16,17)18)22-11(15(19,20)21)9(7)13(24)26-4/h6,8,10H,5H2,1-4H3. The number of thioether (sulfide) groups is 2. The third kappa shape index (κ3) is 5.05. The summed E-state index contributed by atoms with van der Waals surface area (Å²) in [6, 6.07) is -2.87. The molecule has 0 aromatic heterocycles. The second-order valence-corrected chi connectivity index (χ2v) is 7.54. The van der Waals surface area contributed by atoms with Gasteiger partial charge >= 0.3 is 12.4 Å². The molecule has 1 aliphatic rings. The van der Waals surface area contributed by atoms with Gasteiger partial charge < -0.3 is 0 Å². The lowest BCUT2D eigenvalue weighted by molar-refractivity contribution is -0.160. The van der Waals surface area contributed by atoms with Gasteiger partial charge in [0.2, 0.25) is 5.12 Å². The number of nitrogens with zero attached hydrogens (tertiary/aromatic N) is 1. The van der Waals surface area contributed by atoms with Crippen LogP contribution in [0, 0.1) is 11.8 Å². The lowest BCUT2D eigenvalue weighted by atomic mass is 9.80. The molecule has 0 aliphatic carbocycles. The van der Waals surface area contributed by atoms with Gasteiger partial charge in [-0.3, -0.25) is 14.6 Å². The smallest absolute Gasteiger partial charge is 0.286 e. The highest BCUT2D eigenvalue weighted by Gasteiger charge is 2.55. The molecule has 0 bridgehead atoms. The highest BCUT2D eigenvalue weighted by atomic mass is 32.2. The molecule has 0 saturated heterocycles. The Bertz CT molecular complexity index is 637. The van der Waals surface area contributed by atoms with Gasteiger partial charge in [-0.05, 0) is 30.4 Å². The van der Waals surface area contributed by atoms with E-state index in [4.69, 9.17) is 0 Å². The van der Waals surface area contributed by atoms with Crippen LogP contribution in [0.2, 0.25) is 0 Å². The Morgan fingerprint density at radius 2 is 1.62 bits per heavy atom. The fourth-order valence-corrected chi connectivity index (χ4v) is 3.61. The minimum atomic E-state index is -5.25. The fraction of sp³-hybridized carbons (Fsp3) is 0.667. The lowest BCUT2D eigenvalue weighted by Gasteiger charge is -2.34. The molecule has 0 radical (unpaired) electrons. The van der Waals surface area contributed by atoms with Crippen LogP contribution < -0.4 is 0 Å². The Labute approximate surface area is 155 Å². The molecule has 0 aromatic rings. The first kappa shape index (κ1) is 23.1. The van der Waals surface area contributed by atoms with E-state index >= 15 is 0 Å². The summed E-state index contributed by atoms with van der Waals surface area (Å²) in [7, 11) is 0. The zero-order valence-electron chi connectivity index (χ0n) is 14.3. The number of alkyl halides is 6. The molecule has 0 fully saturated rings. The summed E-state index contributed by atoms with van der Waals surface area (Å²) in [6.45, 7) is 3.16. The van der Waals surface area contributed by atoms with Crippen molar-refractivity contribution in [1.82, 2.24) is 0 Å². The van der Waals surface area contributed by atoms with Crippen LogP contribution in [0.3, 0.4) is 0 Å². The zero-order valence-corrected chi connectivity index (χ0v) is 15.9. The average molecular weight is 421 g/mol. The quantitative estimate of drug-likeness (QED) is 0.619. The molecule has 2 unspecified atom stereocenters. The van der Waals surface area contributed by atoms with E-state index in [0.717, 1.165) is 0 Å². The molecule has 3 nitrogen and oxygen atoms in total. The van der Waals surface area contributed by atoms with Crippen molar-refractivity contribution in [2.75, 3.05) is 12.5 Å². The van der Waals surface area contributed by atoms with Crippen molar-refractivity contribution >= 4 is 39.5 Å². The van der Waals surface area contributed by atoms with E-state index in [1.807, 2.05) is 0 Å². The summed E-state index contributed by atoms with van der Waals surface area (Å²) >= 11 is 0.906. The SMILES string of the molecule is CSC(=O)C1=C(CC(C)C)C(C(=O)SC)C(C(F)(F)F)N=C1C(F)(F)F. The van der Waals surface area contributed by atoms with Crippen LogP contribution in [0.25, 0.3) is 0 Å². The molecule has 2 atom stereocenters. The number of rotatable bonds is 4. The molecule has 1 aliphatic heterocycles. The van der Waals surface area contributed by atoms with E-state index < -0.39 is 51.4 Å². The van der Waals surface area contributed by atoms with Crippen molar-refractivity contribution in [3.63, 3.8) is 0 Å². The Balaban J connectivity index is 3.85. The predicted molar refractivity (Wildman–Crippen MR) is 90.3 cm³/mol. The molecule has 1 heterocycles. The third-order valence-corrected chi connectivity index (χ3v) is 4.83. The second kappa shape index (κ2) is 8.37. The maximum absolute atomic E-state index is 13.4. The number of halogens is 6. The number of dihydropyridines is 1. The summed E-state index contributed by atoms with van der Waals surface area (Å²) in [4.78, 5) is 27.2. The Kier molecular flexibility index (Phi) is 7.42. The molecule has 26 heavy (non-hydrogen) atoms. The van der Waals surface area contributed by atoms with E-state index in [9.17, 15) is 35.9 Å². The highest BCUT2D eigenvalue weighted by Crippen LogP contribution is 2.44. The van der Waals surface area contributed by atoms with Crippen LogP contribution in [-0.2, 0) is 9.59 Å². The minimum absolute atomic E-state index is 0.250. The number of hydrogen-bond acceptors (Lipinski definition) is 5. The van der Waals surface area contributed by atoms with E-state index in [1.165, 1.54) is 12.5 Å². The van der Waals surface area contributed by atoms with Crippen molar-refractivity contribution in [3.8, 4) is 0 Å². The molecular weight excluding hydrogens is 404 g/mol. The molecule has 148 valence electrons. The van der Waals surface area contributed by atoms with Crippen molar-refractivity contribution in [1.29, 1.82) is 0 Å². The van der Waals surface area contributed by atoms with Crippen LogP contribution in [0.1, 0.15) is 20.3 Å². The maximum atomic E-state index is 13.4. The van der Waals surface area contributed by atoms with Crippen LogP contribution in [0.4, 0.5) is 26.3 Å². The second-order valence-electron chi connectivity index (χ2n) is 5.95. The summed E-state index contributed by atoms with van der Waals surface area (Å²) in [5.41, 5.74) is -3.23. The number of carbonyl (C=O) groups excluding carboxylic acids is 2. The van der Waals surface area contributed by atoms with E-state index in [2.05, 4.69) is 4.99 Å². The molecule has 0 spiro atoms.